The van der Waals surface area contributed by atoms with Gasteiger partial charge in [-0.3, -0.25) is 0 Å². The van der Waals surface area contributed by atoms with Gasteiger partial charge >= 0.3 is 0 Å². The molecule has 2 rings (SSSR count). The van der Waals surface area contributed by atoms with Gasteiger partial charge in [0.25, 0.3) is 0 Å². The molecular formula is C11H17FN4O. The van der Waals surface area contributed by atoms with Gasteiger partial charge in [0.1, 0.15) is 0 Å². The van der Waals surface area contributed by atoms with Crippen LogP contribution in [-0.4, -0.2) is 35.8 Å². The summed E-state index contributed by atoms with van der Waals surface area (Å²) in [5.74, 6) is -0.0916. The standard InChI is InChI=1S/C11H17FN4O/c1-11(17-2)4-3-5-16(7-11)9-8(12)6-14-10(13)15-9/h6H,3-5,7H2,1-2H3,(H2,13,14,15). The van der Waals surface area contributed by atoms with Crippen molar-refractivity contribution in [3.63, 3.8) is 0 Å². The molecule has 0 radical (unpaired) electrons. The average Bonchev–Trinajstić information content (AvgIpc) is 2.32. The van der Waals surface area contributed by atoms with Crippen molar-refractivity contribution in [3.8, 4) is 0 Å². The zero-order chi connectivity index (χ0) is 12.5. The number of hydrogen-bond acceptors (Lipinski definition) is 5. The second kappa shape index (κ2) is 4.44. The van der Waals surface area contributed by atoms with Crippen molar-refractivity contribution in [2.75, 3.05) is 30.8 Å². The van der Waals surface area contributed by atoms with E-state index in [1.54, 1.807) is 7.11 Å². The first-order valence-corrected chi connectivity index (χ1v) is 5.62. The van der Waals surface area contributed by atoms with Gasteiger partial charge < -0.3 is 15.4 Å². The Balaban J connectivity index is 2.24. The van der Waals surface area contributed by atoms with Crippen LogP contribution in [0.25, 0.3) is 0 Å². The van der Waals surface area contributed by atoms with Crippen molar-refractivity contribution in [2.24, 2.45) is 0 Å². The number of ether oxygens (including phenoxy) is 1. The van der Waals surface area contributed by atoms with Gasteiger partial charge in [-0.2, -0.15) is 4.98 Å². The number of rotatable bonds is 2. The number of aromatic nitrogens is 2. The van der Waals surface area contributed by atoms with Crippen molar-refractivity contribution in [1.29, 1.82) is 0 Å². The molecule has 0 aromatic carbocycles. The fourth-order valence-electron chi connectivity index (χ4n) is 2.15. The fourth-order valence-corrected chi connectivity index (χ4v) is 2.15. The first kappa shape index (κ1) is 12.0. The Morgan fingerprint density at radius 3 is 3.06 bits per heavy atom. The third kappa shape index (κ3) is 2.46. The molecule has 0 spiro atoms. The van der Waals surface area contributed by atoms with E-state index in [0.29, 0.717) is 6.54 Å². The Bertz CT molecular complexity index is 414. The molecule has 1 aliphatic rings. The maximum atomic E-state index is 13.6. The first-order chi connectivity index (χ1) is 8.04. The summed E-state index contributed by atoms with van der Waals surface area (Å²) in [6, 6.07) is 0. The minimum atomic E-state index is -0.445. The lowest BCUT2D eigenvalue weighted by molar-refractivity contribution is -0.00494. The molecule has 1 aromatic rings. The summed E-state index contributed by atoms with van der Waals surface area (Å²) in [5, 5.41) is 0. The predicted octanol–water partition coefficient (Wildman–Crippen LogP) is 1.20. The monoisotopic (exact) mass is 240 g/mol. The van der Waals surface area contributed by atoms with Gasteiger partial charge in [0.2, 0.25) is 5.95 Å². The molecule has 1 unspecified atom stereocenters. The van der Waals surface area contributed by atoms with Crippen LogP contribution in [-0.2, 0) is 4.74 Å². The number of nitrogens with two attached hydrogens (primary N) is 1. The molecule has 2 N–H and O–H groups in total. The van der Waals surface area contributed by atoms with Crippen LogP contribution in [0, 0.1) is 5.82 Å². The van der Waals surface area contributed by atoms with Gasteiger partial charge in [-0.1, -0.05) is 0 Å². The minimum Gasteiger partial charge on any atom is -0.377 e. The van der Waals surface area contributed by atoms with Crippen molar-refractivity contribution in [1.82, 2.24) is 9.97 Å². The van der Waals surface area contributed by atoms with Crippen molar-refractivity contribution in [3.05, 3.63) is 12.0 Å². The summed E-state index contributed by atoms with van der Waals surface area (Å²) in [4.78, 5) is 9.44. The maximum Gasteiger partial charge on any atom is 0.222 e. The van der Waals surface area contributed by atoms with E-state index in [0.717, 1.165) is 25.6 Å². The van der Waals surface area contributed by atoms with Gasteiger partial charge in [-0.15, -0.1) is 0 Å². The molecule has 17 heavy (non-hydrogen) atoms. The summed E-state index contributed by atoms with van der Waals surface area (Å²) in [6.07, 6.45) is 3.01. The molecule has 1 fully saturated rings. The fraction of sp³-hybridized carbons (Fsp3) is 0.636. The minimum absolute atomic E-state index is 0.0890. The quantitative estimate of drug-likeness (QED) is 0.841. The molecule has 1 atom stereocenters. The van der Waals surface area contributed by atoms with E-state index in [9.17, 15) is 4.39 Å². The zero-order valence-electron chi connectivity index (χ0n) is 10.1. The number of methoxy groups -OCH3 is 1. The van der Waals surface area contributed by atoms with E-state index in [2.05, 4.69) is 9.97 Å². The lowest BCUT2D eigenvalue weighted by Gasteiger charge is -2.40. The number of halogens is 1. The predicted molar refractivity (Wildman–Crippen MR) is 63.3 cm³/mol. The van der Waals surface area contributed by atoms with Crippen molar-refractivity contribution < 1.29 is 9.13 Å². The third-order valence-corrected chi connectivity index (χ3v) is 3.20. The molecule has 2 heterocycles. The Hall–Kier alpha value is -1.43. The van der Waals surface area contributed by atoms with E-state index in [-0.39, 0.29) is 17.4 Å². The van der Waals surface area contributed by atoms with Crippen LogP contribution in [0.15, 0.2) is 6.20 Å². The number of nitrogens with zero attached hydrogens (tertiary/aromatic N) is 3. The van der Waals surface area contributed by atoms with Crippen LogP contribution in [0.2, 0.25) is 0 Å². The van der Waals surface area contributed by atoms with Crippen LogP contribution < -0.4 is 10.6 Å². The maximum absolute atomic E-state index is 13.6. The molecule has 1 aromatic heterocycles. The van der Waals surface area contributed by atoms with E-state index < -0.39 is 5.82 Å². The molecule has 1 saturated heterocycles. The number of hydrogen-bond donors (Lipinski definition) is 1. The second-order valence-electron chi connectivity index (χ2n) is 4.58. The highest BCUT2D eigenvalue weighted by atomic mass is 19.1. The van der Waals surface area contributed by atoms with Crippen LogP contribution >= 0.6 is 0 Å². The topological polar surface area (TPSA) is 64.3 Å². The molecule has 1 aliphatic heterocycles. The lowest BCUT2D eigenvalue weighted by atomic mass is 9.95. The van der Waals surface area contributed by atoms with Gasteiger partial charge in [0.05, 0.1) is 11.8 Å². The molecule has 6 heteroatoms. The second-order valence-corrected chi connectivity index (χ2v) is 4.58. The summed E-state index contributed by atoms with van der Waals surface area (Å²) in [7, 11) is 1.67. The molecule has 0 aliphatic carbocycles. The third-order valence-electron chi connectivity index (χ3n) is 3.20. The molecule has 94 valence electrons. The van der Waals surface area contributed by atoms with E-state index in [4.69, 9.17) is 10.5 Å². The van der Waals surface area contributed by atoms with Gasteiger partial charge in [0, 0.05) is 20.2 Å². The lowest BCUT2D eigenvalue weighted by Crippen LogP contribution is -2.48. The molecule has 0 bridgehead atoms. The molecule has 0 saturated carbocycles. The summed E-state index contributed by atoms with van der Waals surface area (Å²) >= 11 is 0. The summed E-state index contributed by atoms with van der Waals surface area (Å²) in [5.41, 5.74) is 5.23. The first-order valence-electron chi connectivity index (χ1n) is 5.62. The van der Waals surface area contributed by atoms with Gasteiger partial charge in [-0.05, 0) is 19.8 Å². The number of piperidine rings is 1. The Labute approximate surface area is 99.8 Å². The van der Waals surface area contributed by atoms with E-state index >= 15 is 0 Å². The largest absolute Gasteiger partial charge is 0.377 e. The highest BCUT2D eigenvalue weighted by Crippen LogP contribution is 2.28. The summed E-state index contributed by atoms with van der Waals surface area (Å²) < 4.78 is 19.1. The highest BCUT2D eigenvalue weighted by Gasteiger charge is 2.32. The Morgan fingerprint density at radius 1 is 1.59 bits per heavy atom. The van der Waals surface area contributed by atoms with E-state index in [1.807, 2.05) is 11.8 Å². The van der Waals surface area contributed by atoms with Crippen molar-refractivity contribution in [2.45, 2.75) is 25.4 Å². The Morgan fingerprint density at radius 2 is 2.35 bits per heavy atom. The van der Waals surface area contributed by atoms with Crippen LogP contribution in [0.5, 0.6) is 0 Å². The molecule has 5 nitrogen and oxygen atoms in total. The number of anilines is 2. The average molecular weight is 240 g/mol. The molecular weight excluding hydrogens is 223 g/mol. The van der Waals surface area contributed by atoms with Crippen LogP contribution in [0.4, 0.5) is 16.2 Å². The normalized spacial score (nSPS) is 25.0. The zero-order valence-corrected chi connectivity index (χ0v) is 10.1. The van der Waals surface area contributed by atoms with Gasteiger partial charge in [-0.25, -0.2) is 9.37 Å². The van der Waals surface area contributed by atoms with Gasteiger partial charge in [0.15, 0.2) is 11.6 Å². The Kier molecular flexibility index (Phi) is 3.15. The number of nitrogen functional groups attached to an aromatic ring is 1. The molecule has 0 amide bonds. The van der Waals surface area contributed by atoms with Crippen LogP contribution in [0.1, 0.15) is 19.8 Å². The SMILES string of the molecule is COC1(C)CCCN(c2nc(N)ncc2F)C1. The highest BCUT2D eigenvalue weighted by molar-refractivity contribution is 5.43. The van der Waals surface area contributed by atoms with E-state index in [1.165, 1.54) is 0 Å². The van der Waals surface area contributed by atoms with Crippen molar-refractivity contribution >= 4 is 11.8 Å². The summed E-state index contributed by atoms with van der Waals surface area (Å²) in [6.45, 7) is 3.38. The van der Waals surface area contributed by atoms with Crippen LogP contribution in [0.3, 0.4) is 0 Å². The smallest absolute Gasteiger partial charge is 0.222 e.